The van der Waals surface area contributed by atoms with Gasteiger partial charge in [0.1, 0.15) is 5.60 Å². The first-order valence-electron chi connectivity index (χ1n) is 5.14. The molecule has 1 rings (SSSR count). The van der Waals surface area contributed by atoms with Crippen molar-refractivity contribution >= 4 is 17.5 Å². The predicted molar refractivity (Wildman–Crippen MR) is 65.4 cm³/mol. The van der Waals surface area contributed by atoms with E-state index in [2.05, 4.69) is 5.32 Å². The molecule has 0 aromatic heterocycles. The molecule has 0 aliphatic heterocycles. The normalized spacial score (nSPS) is 11.0. The van der Waals surface area contributed by atoms with E-state index >= 15 is 0 Å². The molecule has 0 spiro atoms. The van der Waals surface area contributed by atoms with Gasteiger partial charge < -0.3 is 10.5 Å². The van der Waals surface area contributed by atoms with E-state index in [1.165, 1.54) is 0 Å². The number of carbonyl (C=O) groups is 1. The summed E-state index contributed by atoms with van der Waals surface area (Å²) in [4.78, 5) is 11.5. The van der Waals surface area contributed by atoms with Crippen LogP contribution < -0.4 is 11.1 Å². The topological polar surface area (TPSA) is 64.3 Å². The zero-order valence-electron chi connectivity index (χ0n) is 10.1. The van der Waals surface area contributed by atoms with Crippen LogP contribution in [0, 0.1) is 6.92 Å². The van der Waals surface area contributed by atoms with E-state index in [-0.39, 0.29) is 0 Å². The summed E-state index contributed by atoms with van der Waals surface area (Å²) in [6.07, 6.45) is -0.496. The molecule has 0 unspecified atom stereocenters. The average Bonchev–Trinajstić information content (AvgIpc) is 2.08. The summed E-state index contributed by atoms with van der Waals surface area (Å²) in [5.41, 5.74) is 7.35. The van der Waals surface area contributed by atoms with Gasteiger partial charge in [-0.15, -0.1) is 0 Å². The molecular weight excluding hydrogens is 204 g/mol. The third-order valence-electron chi connectivity index (χ3n) is 1.84. The number of carbonyl (C=O) groups excluding carboxylic acids is 1. The quantitative estimate of drug-likeness (QED) is 0.718. The Kier molecular flexibility index (Phi) is 3.42. The van der Waals surface area contributed by atoms with Gasteiger partial charge >= 0.3 is 6.09 Å². The Bertz CT molecular complexity index is 394. The Labute approximate surface area is 95.8 Å². The molecule has 3 N–H and O–H groups in total. The number of hydrogen-bond acceptors (Lipinski definition) is 3. The van der Waals surface area contributed by atoms with Crippen LogP contribution in [0.2, 0.25) is 0 Å². The fourth-order valence-corrected chi connectivity index (χ4v) is 1.19. The molecule has 4 nitrogen and oxygen atoms in total. The summed E-state index contributed by atoms with van der Waals surface area (Å²) < 4.78 is 5.13. The highest BCUT2D eigenvalue weighted by Crippen LogP contribution is 2.20. The van der Waals surface area contributed by atoms with Crippen molar-refractivity contribution in [2.45, 2.75) is 33.3 Å². The summed E-state index contributed by atoms with van der Waals surface area (Å²) in [7, 11) is 0. The van der Waals surface area contributed by atoms with Crippen molar-refractivity contribution in [3.8, 4) is 0 Å². The maximum absolute atomic E-state index is 11.5. The summed E-state index contributed by atoms with van der Waals surface area (Å²) in [5, 5.41) is 2.62. The first kappa shape index (κ1) is 12.4. The van der Waals surface area contributed by atoms with Gasteiger partial charge in [-0.1, -0.05) is 6.07 Å². The molecule has 0 atom stereocenters. The van der Waals surface area contributed by atoms with Gasteiger partial charge in [-0.05, 0) is 45.4 Å². The van der Waals surface area contributed by atoms with Crippen molar-refractivity contribution in [3.05, 3.63) is 23.8 Å². The standard InChI is InChI=1S/C12H18N2O2/c1-8-5-6-9(13)10(7-8)14-11(15)16-12(2,3)4/h5-7H,13H2,1-4H3,(H,14,15). The lowest BCUT2D eigenvalue weighted by atomic mass is 10.2. The lowest BCUT2D eigenvalue weighted by Crippen LogP contribution is -2.27. The minimum Gasteiger partial charge on any atom is -0.444 e. The number of nitrogen functional groups attached to an aromatic ring is 1. The van der Waals surface area contributed by atoms with Crippen LogP contribution in [0.3, 0.4) is 0 Å². The molecule has 1 aromatic carbocycles. The molecule has 1 amide bonds. The number of nitrogens with two attached hydrogens (primary N) is 1. The molecule has 0 aliphatic carbocycles. The second kappa shape index (κ2) is 4.43. The smallest absolute Gasteiger partial charge is 0.412 e. The van der Waals surface area contributed by atoms with Gasteiger partial charge in [0.2, 0.25) is 0 Å². The van der Waals surface area contributed by atoms with Crippen LogP contribution in [0.4, 0.5) is 16.2 Å². The highest BCUT2D eigenvalue weighted by Gasteiger charge is 2.16. The van der Waals surface area contributed by atoms with E-state index in [1.54, 1.807) is 12.1 Å². The van der Waals surface area contributed by atoms with Gasteiger partial charge in [-0.25, -0.2) is 4.79 Å². The third kappa shape index (κ3) is 3.81. The largest absolute Gasteiger partial charge is 0.444 e. The van der Waals surface area contributed by atoms with Crippen molar-refractivity contribution in [2.24, 2.45) is 0 Å². The van der Waals surface area contributed by atoms with Crippen LogP contribution in [0.25, 0.3) is 0 Å². The van der Waals surface area contributed by atoms with Crippen LogP contribution in [0.15, 0.2) is 18.2 Å². The number of benzene rings is 1. The fourth-order valence-electron chi connectivity index (χ4n) is 1.19. The molecule has 0 heterocycles. The Morgan fingerprint density at radius 3 is 2.56 bits per heavy atom. The molecule has 0 saturated carbocycles. The van der Waals surface area contributed by atoms with Gasteiger partial charge in [0, 0.05) is 0 Å². The van der Waals surface area contributed by atoms with Crippen LogP contribution in [0.1, 0.15) is 26.3 Å². The monoisotopic (exact) mass is 222 g/mol. The molecular formula is C12H18N2O2. The number of amides is 1. The third-order valence-corrected chi connectivity index (χ3v) is 1.84. The second-order valence-electron chi connectivity index (χ2n) is 4.72. The lowest BCUT2D eigenvalue weighted by Gasteiger charge is -2.20. The SMILES string of the molecule is Cc1ccc(N)c(NC(=O)OC(C)(C)C)c1. The Balaban J connectivity index is 2.73. The molecule has 0 bridgehead atoms. The van der Waals surface area contributed by atoms with E-state index in [1.807, 2.05) is 33.8 Å². The number of rotatable bonds is 1. The molecule has 88 valence electrons. The molecule has 0 saturated heterocycles. The summed E-state index contributed by atoms with van der Waals surface area (Å²) in [6.45, 7) is 7.37. The molecule has 16 heavy (non-hydrogen) atoms. The molecule has 0 aliphatic rings. The number of anilines is 2. The van der Waals surface area contributed by atoms with Crippen molar-refractivity contribution < 1.29 is 9.53 Å². The number of nitrogens with one attached hydrogen (secondary N) is 1. The zero-order valence-corrected chi connectivity index (χ0v) is 10.1. The van der Waals surface area contributed by atoms with Gasteiger partial charge in [0.15, 0.2) is 0 Å². The van der Waals surface area contributed by atoms with Crippen molar-refractivity contribution in [2.75, 3.05) is 11.1 Å². The molecule has 0 radical (unpaired) electrons. The maximum atomic E-state index is 11.5. The van der Waals surface area contributed by atoms with Crippen molar-refractivity contribution in [3.63, 3.8) is 0 Å². The summed E-state index contributed by atoms with van der Waals surface area (Å²) in [5.74, 6) is 0. The van der Waals surface area contributed by atoms with Gasteiger partial charge in [-0.3, -0.25) is 5.32 Å². The van der Waals surface area contributed by atoms with E-state index in [0.29, 0.717) is 11.4 Å². The van der Waals surface area contributed by atoms with Gasteiger partial charge in [-0.2, -0.15) is 0 Å². The first-order chi connectivity index (χ1) is 7.28. The molecule has 0 fully saturated rings. The molecule has 4 heteroatoms. The zero-order chi connectivity index (χ0) is 12.3. The number of ether oxygens (including phenoxy) is 1. The fraction of sp³-hybridized carbons (Fsp3) is 0.417. The van der Waals surface area contributed by atoms with E-state index < -0.39 is 11.7 Å². The number of hydrogen-bond donors (Lipinski definition) is 2. The minimum atomic E-state index is -0.511. The Morgan fingerprint density at radius 2 is 2.00 bits per heavy atom. The highest BCUT2D eigenvalue weighted by atomic mass is 16.6. The highest BCUT2D eigenvalue weighted by molar-refractivity contribution is 5.89. The Hall–Kier alpha value is -1.71. The van der Waals surface area contributed by atoms with E-state index in [4.69, 9.17) is 10.5 Å². The second-order valence-corrected chi connectivity index (χ2v) is 4.72. The predicted octanol–water partition coefficient (Wildman–Crippen LogP) is 2.92. The minimum absolute atomic E-state index is 0.496. The summed E-state index contributed by atoms with van der Waals surface area (Å²) in [6, 6.07) is 5.44. The van der Waals surface area contributed by atoms with Gasteiger partial charge in [0.25, 0.3) is 0 Å². The summed E-state index contributed by atoms with van der Waals surface area (Å²) >= 11 is 0. The first-order valence-corrected chi connectivity index (χ1v) is 5.14. The van der Waals surface area contributed by atoms with Crippen LogP contribution >= 0.6 is 0 Å². The lowest BCUT2D eigenvalue weighted by molar-refractivity contribution is 0.0636. The van der Waals surface area contributed by atoms with Crippen molar-refractivity contribution in [1.82, 2.24) is 0 Å². The number of aryl methyl sites for hydroxylation is 1. The average molecular weight is 222 g/mol. The maximum Gasteiger partial charge on any atom is 0.412 e. The van der Waals surface area contributed by atoms with Crippen LogP contribution in [-0.4, -0.2) is 11.7 Å². The van der Waals surface area contributed by atoms with Crippen molar-refractivity contribution in [1.29, 1.82) is 0 Å². The van der Waals surface area contributed by atoms with E-state index in [0.717, 1.165) is 5.56 Å². The Morgan fingerprint density at radius 1 is 1.38 bits per heavy atom. The van der Waals surface area contributed by atoms with E-state index in [9.17, 15) is 4.79 Å². The molecule has 1 aromatic rings. The van der Waals surface area contributed by atoms with Crippen LogP contribution in [0.5, 0.6) is 0 Å². The van der Waals surface area contributed by atoms with Gasteiger partial charge in [0.05, 0.1) is 11.4 Å². The van der Waals surface area contributed by atoms with Crippen LogP contribution in [-0.2, 0) is 4.74 Å².